The maximum atomic E-state index is 13.0. The topological polar surface area (TPSA) is 107 Å². The number of piperidine rings is 1. The van der Waals surface area contributed by atoms with Gasteiger partial charge in [-0.2, -0.15) is 0 Å². The molecule has 1 aromatic carbocycles. The summed E-state index contributed by atoms with van der Waals surface area (Å²) in [7, 11) is 0. The first-order valence-corrected chi connectivity index (χ1v) is 9.49. The number of anilines is 1. The Labute approximate surface area is 163 Å². The first kappa shape index (κ1) is 19.2. The summed E-state index contributed by atoms with van der Waals surface area (Å²) in [5.41, 5.74) is 0.220. The molecule has 0 atom stereocenters. The lowest BCUT2D eigenvalue weighted by molar-refractivity contribution is -0.384. The molecule has 142 valence electrons. The SMILES string of the molecule is CC1CCN(c2cc([N+](=O)[O-])sc2C(=O)c2ccc(Cl)c([N+](=O)[O-])c2)CC1. The van der Waals surface area contributed by atoms with E-state index < -0.39 is 15.6 Å². The van der Waals surface area contributed by atoms with Crippen LogP contribution in [0.3, 0.4) is 0 Å². The highest BCUT2D eigenvalue weighted by Gasteiger charge is 2.29. The molecule has 1 saturated heterocycles. The number of carbonyl (C=O) groups excluding carboxylic acids is 1. The number of nitro benzene ring substituents is 1. The van der Waals surface area contributed by atoms with Gasteiger partial charge in [-0.1, -0.05) is 29.9 Å². The first-order chi connectivity index (χ1) is 12.8. The Morgan fingerprint density at radius 3 is 2.44 bits per heavy atom. The van der Waals surface area contributed by atoms with Crippen molar-refractivity contribution in [2.45, 2.75) is 19.8 Å². The van der Waals surface area contributed by atoms with Crippen LogP contribution in [-0.2, 0) is 0 Å². The smallest absolute Gasteiger partial charge is 0.326 e. The van der Waals surface area contributed by atoms with Gasteiger partial charge in [-0.15, -0.1) is 0 Å². The quantitative estimate of drug-likeness (QED) is 0.403. The van der Waals surface area contributed by atoms with Gasteiger partial charge in [-0.3, -0.25) is 25.0 Å². The molecule has 10 heteroatoms. The molecule has 1 aliphatic heterocycles. The van der Waals surface area contributed by atoms with Gasteiger partial charge in [0.1, 0.15) is 9.90 Å². The van der Waals surface area contributed by atoms with Crippen LogP contribution in [0.5, 0.6) is 0 Å². The van der Waals surface area contributed by atoms with Gasteiger partial charge in [0.2, 0.25) is 5.78 Å². The molecule has 2 heterocycles. The fourth-order valence-electron chi connectivity index (χ4n) is 3.03. The van der Waals surface area contributed by atoms with Gasteiger partial charge in [0, 0.05) is 24.7 Å². The number of nitrogens with zero attached hydrogens (tertiary/aromatic N) is 3. The highest BCUT2D eigenvalue weighted by molar-refractivity contribution is 7.18. The summed E-state index contributed by atoms with van der Waals surface area (Å²) in [5, 5.41) is 22.1. The van der Waals surface area contributed by atoms with Crippen molar-refractivity contribution in [2.24, 2.45) is 5.92 Å². The summed E-state index contributed by atoms with van der Waals surface area (Å²) in [6, 6.07) is 5.21. The largest absolute Gasteiger partial charge is 0.370 e. The number of thiophene rings is 1. The molecule has 0 unspecified atom stereocenters. The number of halogens is 1. The van der Waals surface area contributed by atoms with E-state index in [4.69, 9.17) is 11.6 Å². The van der Waals surface area contributed by atoms with Crippen molar-refractivity contribution in [2.75, 3.05) is 18.0 Å². The number of hydrogen-bond donors (Lipinski definition) is 0. The molecule has 3 rings (SSSR count). The number of rotatable bonds is 5. The standard InChI is InChI=1S/C17H16ClN3O5S/c1-10-4-6-19(7-5-10)14-9-15(21(25)26)27-17(14)16(22)11-2-3-12(18)13(8-11)20(23)24/h2-3,8-10H,4-7H2,1H3. The molecule has 2 aromatic rings. The molecule has 0 bridgehead atoms. The Morgan fingerprint density at radius 1 is 1.19 bits per heavy atom. The molecule has 0 amide bonds. The van der Waals surface area contributed by atoms with Crippen LogP contribution in [0.15, 0.2) is 24.3 Å². The molecule has 0 radical (unpaired) electrons. The van der Waals surface area contributed by atoms with Crippen molar-refractivity contribution in [3.63, 3.8) is 0 Å². The maximum Gasteiger partial charge on any atom is 0.326 e. The molecular weight excluding hydrogens is 394 g/mol. The Kier molecular flexibility index (Phi) is 5.43. The third kappa shape index (κ3) is 3.93. The zero-order valence-electron chi connectivity index (χ0n) is 14.4. The van der Waals surface area contributed by atoms with Crippen LogP contribution in [0.1, 0.15) is 35.0 Å². The van der Waals surface area contributed by atoms with Crippen molar-refractivity contribution >= 4 is 45.1 Å². The van der Waals surface area contributed by atoms with Crippen molar-refractivity contribution in [3.8, 4) is 0 Å². The van der Waals surface area contributed by atoms with Crippen LogP contribution in [0, 0.1) is 26.1 Å². The Morgan fingerprint density at radius 2 is 1.85 bits per heavy atom. The van der Waals surface area contributed by atoms with Crippen LogP contribution < -0.4 is 4.90 Å². The summed E-state index contributed by atoms with van der Waals surface area (Å²) >= 11 is 6.60. The molecule has 1 aromatic heterocycles. The van der Waals surface area contributed by atoms with Crippen molar-refractivity contribution < 1.29 is 14.6 Å². The van der Waals surface area contributed by atoms with Crippen LogP contribution >= 0.6 is 22.9 Å². The molecule has 1 fully saturated rings. The number of benzene rings is 1. The Hall–Kier alpha value is -2.52. The molecule has 1 aliphatic rings. The second kappa shape index (κ2) is 7.61. The molecular formula is C17H16ClN3O5S. The highest BCUT2D eigenvalue weighted by Crippen LogP contribution is 2.39. The average Bonchev–Trinajstić information content (AvgIpc) is 3.07. The fourth-order valence-corrected chi connectivity index (χ4v) is 4.17. The van der Waals surface area contributed by atoms with E-state index >= 15 is 0 Å². The minimum Gasteiger partial charge on any atom is -0.370 e. The van der Waals surface area contributed by atoms with Gasteiger partial charge in [-0.25, -0.2) is 0 Å². The molecule has 0 saturated carbocycles. The average molecular weight is 410 g/mol. The van der Waals surface area contributed by atoms with E-state index in [2.05, 4.69) is 6.92 Å². The number of nitro groups is 2. The highest BCUT2D eigenvalue weighted by atomic mass is 35.5. The van der Waals surface area contributed by atoms with Gasteiger partial charge >= 0.3 is 5.00 Å². The van der Waals surface area contributed by atoms with E-state index in [9.17, 15) is 25.0 Å². The Bertz CT molecular complexity index is 921. The second-order valence-electron chi connectivity index (χ2n) is 6.48. The van der Waals surface area contributed by atoms with Gasteiger partial charge in [0.05, 0.1) is 21.6 Å². The van der Waals surface area contributed by atoms with Crippen molar-refractivity contribution in [1.82, 2.24) is 0 Å². The Balaban J connectivity index is 2.02. The number of carbonyl (C=O) groups is 1. The molecule has 27 heavy (non-hydrogen) atoms. The van der Waals surface area contributed by atoms with E-state index in [1.165, 1.54) is 18.2 Å². The normalized spacial score (nSPS) is 15.0. The summed E-state index contributed by atoms with van der Waals surface area (Å²) in [4.78, 5) is 36.3. The van der Waals surface area contributed by atoms with E-state index in [1.807, 2.05) is 4.90 Å². The van der Waals surface area contributed by atoms with E-state index in [-0.39, 0.29) is 26.2 Å². The lowest BCUT2D eigenvalue weighted by atomic mass is 9.98. The van der Waals surface area contributed by atoms with Gasteiger partial charge in [0.15, 0.2) is 0 Å². The van der Waals surface area contributed by atoms with Crippen LogP contribution in [0.4, 0.5) is 16.4 Å². The number of ketones is 1. The third-order valence-corrected chi connectivity index (χ3v) is 6.01. The zero-order valence-corrected chi connectivity index (χ0v) is 16.0. The molecule has 0 aliphatic carbocycles. The molecule has 0 spiro atoms. The van der Waals surface area contributed by atoms with Crippen LogP contribution in [0.25, 0.3) is 0 Å². The first-order valence-electron chi connectivity index (χ1n) is 8.29. The predicted octanol–water partition coefficient (Wildman–Crippen LogP) is 4.69. The van der Waals surface area contributed by atoms with Crippen molar-refractivity contribution in [3.05, 3.63) is 60.0 Å². The van der Waals surface area contributed by atoms with Gasteiger partial charge < -0.3 is 4.90 Å². The summed E-state index contributed by atoms with van der Waals surface area (Å²) in [6.45, 7) is 3.55. The van der Waals surface area contributed by atoms with Crippen LogP contribution in [-0.4, -0.2) is 28.7 Å². The fraction of sp³-hybridized carbons (Fsp3) is 0.353. The predicted molar refractivity (Wildman–Crippen MR) is 103 cm³/mol. The second-order valence-corrected chi connectivity index (χ2v) is 7.92. The third-order valence-electron chi connectivity index (χ3n) is 4.61. The summed E-state index contributed by atoms with van der Waals surface area (Å²) in [6.07, 6.45) is 1.87. The van der Waals surface area contributed by atoms with E-state index in [0.717, 1.165) is 30.2 Å². The monoisotopic (exact) mass is 409 g/mol. The molecule has 0 N–H and O–H groups in total. The number of hydrogen-bond acceptors (Lipinski definition) is 7. The lowest BCUT2D eigenvalue weighted by Gasteiger charge is -2.31. The van der Waals surface area contributed by atoms with E-state index in [0.29, 0.717) is 24.7 Å². The maximum absolute atomic E-state index is 13.0. The van der Waals surface area contributed by atoms with Gasteiger partial charge in [-0.05, 0) is 30.9 Å². The minimum absolute atomic E-state index is 0.0704. The van der Waals surface area contributed by atoms with E-state index in [1.54, 1.807) is 0 Å². The summed E-state index contributed by atoms with van der Waals surface area (Å²) < 4.78 is 0. The van der Waals surface area contributed by atoms with Gasteiger partial charge in [0.25, 0.3) is 5.69 Å². The van der Waals surface area contributed by atoms with Crippen molar-refractivity contribution in [1.29, 1.82) is 0 Å². The zero-order chi connectivity index (χ0) is 19.7. The molecule has 8 nitrogen and oxygen atoms in total. The lowest BCUT2D eigenvalue weighted by Crippen LogP contribution is -2.33. The minimum atomic E-state index is -0.664. The summed E-state index contributed by atoms with van der Waals surface area (Å²) in [5.74, 6) is 0.0782. The van der Waals surface area contributed by atoms with Crippen LogP contribution in [0.2, 0.25) is 5.02 Å².